The van der Waals surface area contributed by atoms with Crippen LogP contribution < -0.4 is 4.74 Å². The molecule has 0 atom stereocenters. The van der Waals surface area contributed by atoms with Gasteiger partial charge in [0, 0.05) is 10.8 Å². The van der Waals surface area contributed by atoms with Gasteiger partial charge in [0.15, 0.2) is 0 Å². The highest BCUT2D eigenvalue weighted by atomic mass is 35.5. The van der Waals surface area contributed by atoms with Crippen molar-refractivity contribution in [1.82, 2.24) is 9.97 Å². The number of halogens is 1. The third-order valence-electron chi connectivity index (χ3n) is 2.44. The number of alkyl halides is 1. The molecule has 0 aliphatic rings. The molecule has 0 saturated carbocycles. The summed E-state index contributed by atoms with van der Waals surface area (Å²) in [5, 5.41) is 0. The summed E-state index contributed by atoms with van der Waals surface area (Å²) in [5.74, 6) is 1.52. The summed E-state index contributed by atoms with van der Waals surface area (Å²) >= 11 is 7.29. The van der Waals surface area contributed by atoms with Crippen molar-refractivity contribution in [2.45, 2.75) is 11.8 Å². The first-order valence-electron chi connectivity index (χ1n) is 6.23. The van der Waals surface area contributed by atoms with Crippen LogP contribution in [-0.4, -0.2) is 41.4 Å². The van der Waals surface area contributed by atoms with E-state index in [9.17, 15) is 0 Å². The minimum atomic E-state index is 0.465. The van der Waals surface area contributed by atoms with Crippen molar-refractivity contribution in [3.05, 3.63) is 18.2 Å². The van der Waals surface area contributed by atoms with E-state index in [1.165, 1.54) is 4.90 Å². The van der Waals surface area contributed by atoms with Crippen LogP contribution in [0.2, 0.25) is 0 Å². The molecule has 6 heteroatoms. The topological polar surface area (TPSA) is 47.1 Å². The predicted octanol–water partition coefficient (Wildman–Crippen LogP) is 3.31. The molecule has 0 saturated heterocycles. The monoisotopic (exact) mass is 300 g/mol. The Hall–Kier alpha value is -0.910. The highest BCUT2D eigenvalue weighted by Crippen LogP contribution is 2.27. The number of fused-ring (bicyclic) bond motifs is 1. The molecule has 0 radical (unpaired) electrons. The Balaban J connectivity index is 1.98. The number of nitrogens with zero attached hydrogens (tertiary/aromatic N) is 1. The summed E-state index contributed by atoms with van der Waals surface area (Å²) in [7, 11) is 0. The Morgan fingerprint density at radius 3 is 3.00 bits per heavy atom. The maximum Gasteiger partial charge on any atom is 0.294 e. The van der Waals surface area contributed by atoms with E-state index in [4.69, 9.17) is 21.1 Å². The smallest absolute Gasteiger partial charge is 0.294 e. The van der Waals surface area contributed by atoms with Crippen molar-refractivity contribution in [3.8, 4) is 6.01 Å². The molecule has 2 aromatic rings. The Morgan fingerprint density at radius 1 is 1.32 bits per heavy atom. The van der Waals surface area contributed by atoms with Crippen LogP contribution in [0.5, 0.6) is 6.01 Å². The van der Waals surface area contributed by atoms with Crippen molar-refractivity contribution < 1.29 is 9.47 Å². The molecule has 1 aromatic carbocycles. The Bertz CT molecular complexity index is 518. The summed E-state index contributed by atoms with van der Waals surface area (Å²) in [6.45, 7) is 3.65. The molecule has 0 amide bonds. The number of thioether (sulfide) groups is 1. The lowest BCUT2D eigenvalue weighted by molar-refractivity contribution is 0.108. The summed E-state index contributed by atoms with van der Waals surface area (Å²) in [6.07, 6.45) is 0. The predicted molar refractivity (Wildman–Crippen MR) is 79.5 cm³/mol. The van der Waals surface area contributed by atoms with Gasteiger partial charge in [-0.15, -0.1) is 23.4 Å². The van der Waals surface area contributed by atoms with Crippen LogP contribution in [0.25, 0.3) is 11.0 Å². The third kappa shape index (κ3) is 4.03. The van der Waals surface area contributed by atoms with Gasteiger partial charge in [0.2, 0.25) is 0 Å². The van der Waals surface area contributed by atoms with E-state index in [1.807, 2.05) is 12.1 Å². The third-order valence-corrected chi connectivity index (χ3v) is 3.53. The first-order valence-corrected chi connectivity index (χ1v) is 7.75. The van der Waals surface area contributed by atoms with E-state index >= 15 is 0 Å². The number of rotatable bonds is 8. The molecule has 4 nitrogen and oxygen atoms in total. The second kappa shape index (κ2) is 7.62. The highest BCUT2D eigenvalue weighted by Gasteiger charge is 2.07. The molecule has 0 aliphatic heterocycles. The Kier molecular flexibility index (Phi) is 5.82. The van der Waals surface area contributed by atoms with Gasteiger partial charge in [0.05, 0.1) is 18.7 Å². The summed E-state index contributed by atoms with van der Waals surface area (Å²) in [6, 6.07) is 6.63. The molecule has 19 heavy (non-hydrogen) atoms. The SMILES string of the molecule is CCSc1cccc2[nH]c(OCCOCCCl)nc12. The molecule has 0 bridgehead atoms. The van der Waals surface area contributed by atoms with Gasteiger partial charge < -0.3 is 14.5 Å². The van der Waals surface area contributed by atoms with E-state index in [2.05, 4.69) is 23.0 Å². The van der Waals surface area contributed by atoms with Crippen LogP contribution in [0.4, 0.5) is 0 Å². The fourth-order valence-corrected chi connectivity index (χ4v) is 2.56. The number of aromatic nitrogens is 2. The number of aromatic amines is 1. The standard InChI is InChI=1S/C13H17ClN2O2S/c1-2-19-11-5-3-4-10-12(11)16-13(15-10)18-9-8-17-7-6-14/h3-5H,2,6-9H2,1H3,(H,15,16). The number of ether oxygens (including phenoxy) is 2. The first kappa shape index (κ1) is 14.5. The summed E-state index contributed by atoms with van der Waals surface area (Å²) in [4.78, 5) is 8.80. The van der Waals surface area contributed by atoms with Gasteiger partial charge in [-0.25, -0.2) is 0 Å². The fraction of sp³-hybridized carbons (Fsp3) is 0.462. The molecule has 0 spiro atoms. The van der Waals surface area contributed by atoms with Crippen LogP contribution >= 0.6 is 23.4 Å². The van der Waals surface area contributed by atoms with Crippen molar-refractivity contribution in [2.75, 3.05) is 31.5 Å². The number of nitrogens with one attached hydrogen (secondary N) is 1. The Morgan fingerprint density at radius 2 is 2.21 bits per heavy atom. The fourth-order valence-electron chi connectivity index (χ4n) is 1.68. The quantitative estimate of drug-likeness (QED) is 0.461. The second-order valence-electron chi connectivity index (χ2n) is 3.78. The molecular weight excluding hydrogens is 284 g/mol. The normalized spacial score (nSPS) is 11.1. The van der Waals surface area contributed by atoms with Crippen LogP contribution in [0.15, 0.2) is 23.1 Å². The molecule has 2 rings (SSSR count). The number of imidazole rings is 1. The van der Waals surface area contributed by atoms with Gasteiger partial charge in [-0.2, -0.15) is 4.98 Å². The number of para-hydroxylation sites is 1. The average molecular weight is 301 g/mol. The van der Waals surface area contributed by atoms with Gasteiger partial charge in [-0.1, -0.05) is 13.0 Å². The van der Waals surface area contributed by atoms with Crippen molar-refractivity contribution in [3.63, 3.8) is 0 Å². The molecule has 1 N–H and O–H groups in total. The van der Waals surface area contributed by atoms with Crippen molar-refractivity contribution >= 4 is 34.4 Å². The number of H-pyrrole nitrogens is 1. The highest BCUT2D eigenvalue weighted by molar-refractivity contribution is 7.99. The molecule has 1 heterocycles. The van der Waals surface area contributed by atoms with Gasteiger partial charge in [0.25, 0.3) is 6.01 Å². The Labute approximate surface area is 121 Å². The maximum absolute atomic E-state index is 5.53. The zero-order valence-corrected chi connectivity index (χ0v) is 12.4. The van der Waals surface area contributed by atoms with Gasteiger partial charge in [-0.05, 0) is 17.9 Å². The van der Waals surface area contributed by atoms with Gasteiger partial charge in [0.1, 0.15) is 12.1 Å². The van der Waals surface area contributed by atoms with Gasteiger partial charge >= 0.3 is 0 Å². The zero-order valence-electron chi connectivity index (χ0n) is 10.8. The van der Waals surface area contributed by atoms with Gasteiger partial charge in [-0.3, -0.25) is 0 Å². The van der Waals surface area contributed by atoms with Crippen molar-refractivity contribution in [1.29, 1.82) is 0 Å². The lowest BCUT2D eigenvalue weighted by Crippen LogP contribution is -2.08. The van der Waals surface area contributed by atoms with E-state index in [0.29, 0.717) is 31.7 Å². The van der Waals surface area contributed by atoms with Crippen molar-refractivity contribution in [2.24, 2.45) is 0 Å². The zero-order chi connectivity index (χ0) is 13.5. The van der Waals surface area contributed by atoms with E-state index in [1.54, 1.807) is 11.8 Å². The van der Waals surface area contributed by atoms with Crippen LogP contribution in [0.1, 0.15) is 6.92 Å². The molecule has 0 unspecified atom stereocenters. The van der Waals surface area contributed by atoms with E-state index in [0.717, 1.165) is 16.8 Å². The second-order valence-corrected chi connectivity index (χ2v) is 5.46. The van der Waals surface area contributed by atoms with E-state index < -0.39 is 0 Å². The van der Waals surface area contributed by atoms with Crippen LogP contribution in [0, 0.1) is 0 Å². The molecule has 1 aromatic heterocycles. The number of hydrogen-bond acceptors (Lipinski definition) is 4. The largest absolute Gasteiger partial charge is 0.462 e. The molecule has 0 fully saturated rings. The molecule has 0 aliphatic carbocycles. The minimum absolute atomic E-state index is 0.465. The molecule has 104 valence electrons. The number of benzene rings is 1. The number of hydrogen-bond donors (Lipinski definition) is 1. The minimum Gasteiger partial charge on any atom is -0.462 e. The van der Waals surface area contributed by atoms with Crippen LogP contribution in [0.3, 0.4) is 0 Å². The van der Waals surface area contributed by atoms with E-state index in [-0.39, 0.29) is 0 Å². The maximum atomic E-state index is 5.53. The first-order chi connectivity index (χ1) is 9.35. The van der Waals surface area contributed by atoms with Crippen LogP contribution in [-0.2, 0) is 4.74 Å². The molecular formula is C13H17ClN2O2S. The summed E-state index contributed by atoms with van der Waals surface area (Å²) in [5.41, 5.74) is 1.96. The summed E-state index contributed by atoms with van der Waals surface area (Å²) < 4.78 is 10.8. The lowest BCUT2D eigenvalue weighted by atomic mass is 10.3. The average Bonchev–Trinajstić information content (AvgIpc) is 2.83. The lowest BCUT2D eigenvalue weighted by Gasteiger charge is -2.02.